The van der Waals surface area contributed by atoms with Crippen molar-refractivity contribution in [3.8, 4) is 11.3 Å². The average molecular weight is 672 g/mol. The molecule has 246 valence electrons. The summed E-state index contributed by atoms with van der Waals surface area (Å²) >= 11 is 0. The Balaban J connectivity index is 1.11. The molecular weight excluding hydrogens is 639 g/mol. The summed E-state index contributed by atoms with van der Waals surface area (Å²) in [5.74, 6) is -0.519. The maximum atomic E-state index is 13.2. The first-order valence-corrected chi connectivity index (χ1v) is 16.8. The van der Waals surface area contributed by atoms with Crippen molar-refractivity contribution in [3.63, 3.8) is 0 Å². The lowest BCUT2D eigenvalue weighted by Crippen LogP contribution is -2.13. The van der Waals surface area contributed by atoms with E-state index in [1.54, 1.807) is 72.9 Å². The highest BCUT2D eigenvalue weighted by Gasteiger charge is 2.20. The Bertz CT molecular complexity index is 2270. The van der Waals surface area contributed by atoms with E-state index in [0.717, 1.165) is 16.8 Å². The maximum absolute atomic E-state index is 13.2. The maximum Gasteiger partial charge on any atom is 0.269 e. The third-order valence-electron chi connectivity index (χ3n) is 7.54. The van der Waals surface area contributed by atoms with Gasteiger partial charge in [-0.25, -0.2) is 27.3 Å². The third kappa shape index (κ3) is 7.95. The van der Waals surface area contributed by atoms with Crippen molar-refractivity contribution in [1.82, 2.24) is 23.8 Å². The molecule has 0 spiro atoms. The number of benzene rings is 3. The second-order valence-corrected chi connectivity index (χ2v) is 13.3. The molecule has 0 fully saturated rings. The number of pyridine rings is 1. The minimum atomic E-state index is -3.79. The molecule has 0 aliphatic heterocycles. The van der Waals surface area contributed by atoms with E-state index in [2.05, 4.69) is 25.6 Å². The number of carbonyl (C=O) groups excluding carboxylic acids is 2. The SMILES string of the molecule is CN(C)C/C=C/C(=O)Nc1ccc(C(=O)Nc2cccc(Cc3cc(-c4cnc5c(ccn5S(=O)(=O)c5ccccc5)c4)ncn3)c2)cc1. The summed E-state index contributed by atoms with van der Waals surface area (Å²) in [4.78, 5) is 40.6. The topological polar surface area (TPSA) is 139 Å². The zero-order valence-electron chi connectivity index (χ0n) is 26.8. The first-order chi connectivity index (χ1) is 23.7. The molecule has 2 amide bonds. The zero-order valence-corrected chi connectivity index (χ0v) is 27.6. The molecule has 3 aromatic carbocycles. The van der Waals surface area contributed by atoms with Crippen LogP contribution in [-0.2, 0) is 21.2 Å². The van der Waals surface area contributed by atoms with E-state index in [-0.39, 0.29) is 16.7 Å². The Labute approximate surface area is 284 Å². The Morgan fingerprint density at radius 3 is 2.41 bits per heavy atom. The van der Waals surface area contributed by atoms with Crippen molar-refractivity contribution in [2.45, 2.75) is 11.3 Å². The molecule has 3 heterocycles. The lowest BCUT2D eigenvalue weighted by molar-refractivity contribution is -0.111. The minimum absolute atomic E-state index is 0.183. The second kappa shape index (κ2) is 14.4. The van der Waals surface area contributed by atoms with E-state index >= 15 is 0 Å². The zero-order chi connectivity index (χ0) is 34.4. The second-order valence-electron chi connectivity index (χ2n) is 11.5. The van der Waals surface area contributed by atoms with Gasteiger partial charge in [-0.15, -0.1) is 0 Å². The van der Waals surface area contributed by atoms with E-state index < -0.39 is 10.0 Å². The monoisotopic (exact) mass is 671 g/mol. The van der Waals surface area contributed by atoms with Crippen LogP contribution >= 0.6 is 0 Å². The lowest BCUT2D eigenvalue weighted by Gasteiger charge is -2.09. The van der Waals surface area contributed by atoms with Gasteiger partial charge in [-0.1, -0.05) is 36.4 Å². The number of fused-ring (bicyclic) bond motifs is 1. The fourth-order valence-electron chi connectivity index (χ4n) is 5.12. The highest BCUT2D eigenvalue weighted by Crippen LogP contribution is 2.26. The molecule has 49 heavy (non-hydrogen) atoms. The summed E-state index contributed by atoms with van der Waals surface area (Å²) in [6, 6.07) is 27.9. The van der Waals surface area contributed by atoms with Crippen molar-refractivity contribution < 1.29 is 18.0 Å². The summed E-state index contributed by atoms with van der Waals surface area (Å²) < 4.78 is 27.6. The summed E-state index contributed by atoms with van der Waals surface area (Å²) in [6.07, 6.45) is 8.33. The standard InChI is InChI=1S/C37H33N7O4S/c1-43(2)18-7-12-35(45)41-30-15-13-27(14-16-30)37(46)42-31-9-6-8-26(20-31)21-32-23-34(40-25-39-32)29-22-28-17-19-44(36(28)38-24-29)49(47,48)33-10-4-3-5-11-33/h3-17,19-20,22-25H,18,21H2,1-2H3,(H,41,45)(H,42,46)/b12-7+. The van der Waals surface area contributed by atoms with Crippen molar-refractivity contribution in [2.24, 2.45) is 0 Å². The van der Waals surface area contributed by atoms with E-state index in [0.29, 0.717) is 46.6 Å². The van der Waals surface area contributed by atoms with Gasteiger partial charge in [0.25, 0.3) is 15.9 Å². The molecule has 6 aromatic rings. The number of anilines is 2. The van der Waals surface area contributed by atoms with Crippen molar-refractivity contribution >= 4 is 44.2 Å². The Hall–Kier alpha value is -5.98. The molecule has 3 aromatic heterocycles. The smallest absolute Gasteiger partial charge is 0.269 e. The molecule has 0 radical (unpaired) electrons. The van der Waals surface area contributed by atoms with Gasteiger partial charge in [0.05, 0.1) is 10.6 Å². The normalized spacial score (nSPS) is 11.7. The van der Waals surface area contributed by atoms with Crippen LogP contribution in [0.4, 0.5) is 11.4 Å². The molecule has 0 saturated heterocycles. The van der Waals surface area contributed by atoms with Crippen molar-refractivity contribution in [2.75, 3.05) is 31.3 Å². The molecule has 2 N–H and O–H groups in total. The van der Waals surface area contributed by atoms with Gasteiger partial charge in [0.2, 0.25) is 5.91 Å². The molecule has 12 heteroatoms. The van der Waals surface area contributed by atoms with E-state index in [4.69, 9.17) is 0 Å². The number of carbonyl (C=O) groups is 2. The first kappa shape index (κ1) is 32.9. The van der Waals surface area contributed by atoms with Crippen LogP contribution in [-0.4, -0.2) is 64.7 Å². The van der Waals surface area contributed by atoms with Gasteiger partial charge in [-0.3, -0.25) is 9.59 Å². The summed E-state index contributed by atoms with van der Waals surface area (Å²) in [5.41, 5.74) is 5.05. The van der Waals surface area contributed by atoms with Crippen LogP contribution in [0.15, 0.2) is 133 Å². The molecule has 6 rings (SSSR count). The molecule has 0 atom stereocenters. The predicted molar refractivity (Wildman–Crippen MR) is 190 cm³/mol. The van der Waals surface area contributed by atoms with Crippen LogP contribution in [0.5, 0.6) is 0 Å². The molecular formula is C37H33N7O4S. The Morgan fingerprint density at radius 1 is 0.837 bits per heavy atom. The fraction of sp³-hybridized carbons (Fsp3) is 0.108. The third-order valence-corrected chi connectivity index (χ3v) is 9.22. The number of likely N-dealkylation sites (N-methyl/N-ethyl adjacent to an activating group) is 1. The molecule has 11 nitrogen and oxygen atoms in total. The molecule has 0 saturated carbocycles. The Kier molecular flexibility index (Phi) is 9.69. The van der Waals surface area contributed by atoms with Crippen LogP contribution in [0, 0.1) is 0 Å². The van der Waals surface area contributed by atoms with Crippen molar-refractivity contribution in [1.29, 1.82) is 0 Å². The number of amides is 2. The van der Waals surface area contributed by atoms with Crippen LogP contribution in [0.2, 0.25) is 0 Å². The number of hydrogen-bond donors (Lipinski definition) is 2. The number of nitrogens with one attached hydrogen (secondary N) is 2. The number of rotatable bonds is 11. The predicted octanol–water partition coefficient (Wildman–Crippen LogP) is 5.63. The number of hydrogen-bond acceptors (Lipinski definition) is 8. The number of aromatic nitrogens is 4. The highest BCUT2D eigenvalue weighted by atomic mass is 32.2. The summed E-state index contributed by atoms with van der Waals surface area (Å²) in [5, 5.41) is 6.38. The van der Waals surface area contributed by atoms with Gasteiger partial charge in [-0.2, -0.15) is 0 Å². The molecule has 0 bridgehead atoms. The highest BCUT2D eigenvalue weighted by molar-refractivity contribution is 7.90. The van der Waals surface area contributed by atoms with Gasteiger partial charge >= 0.3 is 0 Å². The van der Waals surface area contributed by atoms with Crippen LogP contribution < -0.4 is 10.6 Å². The van der Waals surface area contributed by atoms with Gasteiger partial charge in [0, 0.05) is 65.0 Å². The van der Waals surface area contributed by atoms with Gasteiger partial charge in [0.1, 0.15) is 6.33 Å². The van der Waals surface area contributed by atoms with Crippen molar-refractivity contribution in [3.05, 3.63) is 145 Å². The molecule has 0 aliphatic carbocycles. The van der Waals surface area contributed by atoms with Gasteiger partial charge in [-0.05, 0) is 86.4 Å². The van der Waals surface area contributed by atoms with Crippen LogP contribution in [0.1, 0.15) is 21.6 Å². The van der Waals surface area contributed by atoms with Crippen LogP contribution in [0.3, 0.4) is 0 Å². The fourth-order valence-corrected chi connectivity index (χ4v) is 6.45. The molecule has 0 unspecified atom stereocenters. The lowest BCUT2D eigenvalue weighted by atomic mass is 10.1. The van der Waals surface area contributed by atoms with Gasteiger partial charge < -0.3 is 15.5 Å². The van der Waals surface area contributed by atoms with Gasteiger partial charge in [0.15, 0.2) is 5.65 Å². The average Bonchev–Trinajstić information content (AvgIpc) is 3.54. The van der Waals surface area contributed by atoms with E-state index in [9.17, 15) is 18.0 Å². The quantitative estimate of drug-likeness (QED) is 0.169. The van der Waals surface area contributed by atoms with E-state index in [1.165, 1.54) is 22.6 Å². The Morgan fingerprint density at radius 2 is 1.63 bits per heavy atom. The minimum Gasteiger partial charge on any atom is -0.323 e. The van der Waals surface area contributed by atoms with E-state index in [1.807, 2.05) is 55.4 Å². The first-order valence-electron chi connectivity index (χ1n) is 15.4. The van der Waals surface area contributed by atoms with Crippen LogP contribution in [0.25, 0.3) is 22.3 Å². The molecule has 0 aliphatic rings. The summed E-state index contributed by atoms with van der Waals surface area (Å²) in [7, 11) is 0.0472. The summed E-state index contributed by atoms with van der Waals surface area (Å²) in [6.45, 7) is 0.658. The number of nitrogens with zero attached hydrogens (tertiary/aromatic N) is 5. The largest absolute Gasteiger partial charge is 0.323 e.